The number of alkyl halides is 2. The van der Waals surface area contributed by atoms with Crippen LogP contribution in [0.15, 0.2) is 24.7 Å². The van der Waals surface area contributed by atoms with Crippen molar-refractivity contribution < 1.29 is 4.79 Å². The van der Waals surface area contributed by atoms with Gasteiger partial charge in [0, 0.05) is 30.5 Å². The topological polar surface area (TPSA) is 63.1 Å². The van der Waals surface area contributed by atoms with E-state index in [2.05, 4.69) is 54.2 Å². The monoisotopic (exact) mass is 425 g/mol. The molecule has 0 spiro atoms. The number of carbonyl (C=O) groups is 1. The zero-order valence-corrected chi connectivity index (χ0v) is 14.9. The van der Waals surface area contributed by atoms with Crippen molar-refractivity contribution in [1.82, 2.24) is 20.1 Å². The fourth-order valence-electron chi connectivity index (χ4n) is 2.95. The molecule has 4 heterocycles. The van der Waals surface area contributed by atoms with Crippen molar-refractivity contribution in [1.29, 1.82) is 0 Å². The van der Waals surface area contributed by atoms with E-state index < -0.39 is 3.23 Å². The number of halogens is 2. The molecule has 4 rings (SSSR count). The lowest BCUT2D eigenvalue weighted by molar-refractivity contribution is -0.117. The highest BCUT2D eigenvalue weighted by atomic mass is 79.9. The van der Waals surface area contributed by atoms with E-state index in [4.69, 9.17) is 0 Å². The fraction of sp³-hybridized carbons (Fsp3) is 0.357. The molecule has 22 heavy (non-hydrogen) atoms. The molecule has 1 atom stereocenters. The van der Waals surface area contributed by atoms with Gasteiger partial charge in [-0.2, -0.15) is 5.10 Å². The second kappa shape index (κ2) is 4.87. The molecule has 8 heteroatoms. The number of nitrogens with one attached hydrogen (secondary N) is 1. The first-order valence-corrected chi connectivity index (χ1v) is 8.53. The molecule has 2 aromatic rings. The maximum atomic E-state index is 12.9. The number of nitrogens with zero attached hydrogens (tertiary/aromatic N) is 4. The van der Waals surface area contributed by atoms with E-state index in [1.54, 1.807) is 23.5 Å². The van der Waals surface area contributed by atoms with Crippen LogP contribution in [0.2, 0.25) is 0 Å². The summed E-state index contributed by atoms with van der Waals surface area (Å²) in [5.74, 6) is -0.0927. The molecule has 1 amide bonds. The Morgan fingerprint density at radius 1 is 1.36 bits per heavy atom. The standard InChI is InChI=1S/C14H13Br2N5O/c1-8-7-20-11(5-18-8)12(6-19-20)21-10-2-3-17-4-9(10)14(15,16)13(21)22/h2-4,6,8,18H,5,7H2,1H3/t8-/m0/s1. The first-order valence-electron chi connectivity index (χ1n) is 6.95. The molecule has 2 aromatic heterocycles. The number of rotatable bonds is 1. The van der Waals surface area contributed by atoms with E-state index in [0.717, 1.165) is 29.2 Å². The highest BCUT2D eigenvalue weighted by Gasteiger charge is 2.49. The first-order chi connectivity index (χ1) is 10.5. The lowest BCUT2D eigenvalue weighted by atomic mass is 10.2. The Hall–Kier alpha value is -1.25. The van der Waals surface area contributed by atoms with E-state index in [-0.39, 0.29) is 5.91 Å². The average Bonchev–Trinajstić information content (AvgIpc) is 2.98. The predicted molar refractivity (Wildman–Crippen MR) is 89.4 cm³/mol. The molecule has 1 N–H and O–H groups in total. The second-order valence-corrected chi connectivity index (χ2v) is 8.99. The highest BCUT2D eigenvalue weighted by Crippen LogP contribution is 2.52. The molecule has 0 saturated heterocycles. The number of amides is 1. The third kappa shape index (κ3) is 1.90. The van der Waals surface area contributed by atoms with E-state index >= 15 is 0 Å². The van der Waals surface area contributed by atoms with Gasteiger partial charge in [-0.05, 0) is 13.0 Å². The molecule has 6 nitrogen and oxygen atoms in total. The van der Waals surface area contributed by atoms with Crippen molar-refractivity contribution in [3.63, 3.8) is 0 Å². The van der Waals surface area contributed by atoms with E-state index in [1.807, 2.05) is 10.7 Å². The van der Waals surface area contributed by atoms with Gasteiger partial charge < -0.3 is 5.32 Å². The molecule has 0 radical (unpaired) electrons. The Kier molecular flexibility index (Phi) is 3.18. The minimum atomic E-state index is -0.937. The first kappa shape index (κ1) is 14.3. The van der Waals surface area contributed by atoms with Gasteiger partial charge in [0.2, 0.25) is 0 Å². The number of fused-ring (bicyclic) bond motifs is 2. The van der Waals surface area contributed by atoms with E-state index in [1.165, 1.54) is 0 Å². The zero-order valence-electron chi connectivity index (χ0n) is 11.8. The van der Waals surface area contributed by atoms with Gasteiger partial charge in [0.25, 0.3) is 5.91 Å². The number of aromatic nitrogens is 3. The van der Waals surface area contributed by atoms with E-state index in [9.17, 15) is 4.79 Å². The predicted octanol–water partition coefficient (Wildman–Crippen LogP) is 2.39. The van der Waals surface area contributed by atoms with Crippen LogP contribution in [-0.4, -0.2) is 26.7 Å². The van der Waals surface area contributed by atoms with Gasteiger partial charge in [-0.15, -0.1) is 0 Å². The maximum Gasteiger partial charge on any atom is 0.264 e. The van der Waals surface area contributed by atoms with Crippen LogP contribution >= 0.6 is 31.9 Å². The van der Waals surface area contributed by atoms with Crippen molar-refractivity contribution in [3.05, 3.63) is 35.9 Å². The molecule has 0 saturated carbocycles. The van der Waals surface area contributed by atoms with Gasteiger partial charge in [-0.25, -0.2) is 0 Å². The lowest BCUT2D eigenvalue weighted by Gasteiger charge is -2.25. The summed E-state index contributed by atoms with van der Waals surface area (Å²) in [6.45, 7) is 3.61. The van der Waals surface area contributed by atoms with Gasteiger partial charge in [0.15, 0.2) is 3.23 Å². The molecule has 0 bridgehead atoms. The minimum absolute atomic E-state index is 0.0927. The van der Waals surface area contributed by atoms with Crippen molar-refractivity contribution in [2.24, 2.45) is 0 Å². The molecule has 114 valence electrons. The summed E-state index contributed by atoms with van der Waals surface area (Å²) in [6, 6.07) is 2.22. The molecule has 0 unspecified atom stereocenters. The maximum absolute atomic E-state index is 12.9. The summed E-state index contributed by atoms with van der Waals surface area (Å²) < 4.78 is 1.03. The Balaban J connectivity index is 1.86. The summed E-state index contributed by atoms with van der Waals surface area (Å²) in [6.07, 6.45) is 5.16. The average molecular weight is 427 g/mol. The zero-order chi connectivity index (χ0) is 15.5. The Bertz CT molecular complexity index is 772. The largest absolute Gasteiger partial charge is 0.307 e. The molecule has 2 aliphatic rings. The van der Waals surface area contributed by atoms with Gasteiger partial charge in [-0.1, -0.05) is 31.9 Å². The number of hydrogen-bond acceptors (Lipinski definition) is 4. The quantitative estimate of drug-likeness (QED) is 0.711. The number of pyridine rings is 1. The van der Waals surface area contributed by atoms with Crippen LogP contribution in [0.3, 0.4) is 0 Å². The van der Waals surface area contributed by atoms with Crippen LogP contribution in [0, 0.1) is 0 Å². The van der Waals surface area contributed by atoms with Gasteiger partial charge in [-0.3, -0.25) is 19.4 Å². The van der Waals surface area contributed by atoms with Crippen molar-refractivity contribution >= 4 is 49.1 Å². The molecule has 0 fully saturated rings. The number of anilines is 2. The SMILES string of the molecule is C[C@H]1Cn2ncc(N3C(=O)C(Br)(Br)c4cnccc43)c2CN1. The van der Waals surface area contributed by atoms with Gasteiger partial charge in [0.05, 0.1) is 29.8 Å². The highest BCUT2D eigenvalue weighted by molar-refractivity contribution is 9.25. The second-order valence-electron chi connectivity index (χ2n) is 5.55. The normalized spacial score (nSPS) is 22.6. The minimum Gasteiger partial charge on any atom is -0.307 e. The molecule has 0 aromatic carbocycles. The summed E-state index contributed by atoms with van der Waals surface area (Å²) in [5, 5.41) is 7.86. The van der Waals surface area contributed by atoms with Crippen molar-refractivity contribution in [3.8, 4) is 0 Å². The molecule has 0 aliphatic carbocycles. The Morgan fingerprint density at radius 3 is 3.00 bits per heavy atom. The molecule has 2 aliphatic heterocycles. The Morgan fingerprint density at radius 2 is 2.18 bits per heavy atom. The number of carbonyl (C=O) groups excluding carboxylic acids is 1. The van der Waals surface area contributed by atoms with Crippen LogP contribution < -0.4 is 10.2 Å². The fourth-order valence-corrected chi connectivity index (χ4v) is 3.92. The summed E-state index contributed by atoms with van der Waals surface area (Å²) >= 11 is 6.96. The van der Waals surface area contributed by atoms with Gasteiger partial charge >= 0.3 is 0 Å². The van der Waals surface area contributed by atoms with Crippen molar-refractivity contribution in [2.45, 2.75) is 29.3 Å². The third-order valence-corrected chi connectivity index (χ3v) is 5.61. The smallest absolute Gasteiger partial charge is 0.264 e. The molecular formula is C14H13Br2N5O. The Labute approximate surface area is 144 Å². The summed E-state index contributed by atoms with van der Waals surface area (Å²) in [4.78, 5) is 18.7. The number of hydrogen-bond donors (Lipinski definition) is 1. The summed E-state index contributed by atoms with van der Waals surface area (Å²) in [5.41, 5.74) is 3.46. The molecular weight excluding hydrogens is 414 g/mol. The third-order valence-electron chi connectivity index (χ3n) is 4.08. The van der Waals surface area contributed by atoms with E-state index in [0.29, 0.717) is 12.6 Å². The van der Waals surface area contributed by atoms with Crippen LogP contribution in [0.4, 0.5) is 11.4 Å². The summed E-state index contributed by atoms with van der Waals surface area (Å²) in [7, 11) is 0. The van der Waals surface area contributed by atoms with Crippen LogP contribution in [0.25, 0.3) is 0 Å². The lowest BCUT2D eigenvalue weighted by Crippen LogP contribution is -2.38. The van der Waals surface area contributed by atoms with Crippen LogP contribution in [0.1, 0.15) is 18.2 Å². The van der Waals surface area contributed by atoms with Crippen LogP contribution in [-0.2, 0) is 21.1 Å². The van der Waals surface area contributed by atoms with Crippen molar-refractivity contribution in [2.75, 3.05) is 4.90 Å². The van der Waals surface area contributed by atoms with Gasteiger partial charge in [0.1, 0.15) is 0 Å². The van der Waals surface area contributed by atoms with Crippen LogP contribution in [0.5, 0.6) is 0 Å².